The second-order valence-electron chi connectivity index (χ2n) is 6.45. The smallest absolute Gasteiger partial charge is 0.261 e. The van der Waals surface area contributed by atoms with Crippen molar-refractivity contribution in [2.45, 2.75) is 26.2 Å². The molecule has 1 saturated carbocycles. The van der Waals surface area contributed by atoms with E-state index in [9.17, 15) is 9.59 Å². The Morgan fingerprint density at radius 3 is 2.62 bits per heavy atom. The van der Waals surface area contributed by atoms with Gasteiger partial charge in [0.1, 0.15) is 0 Å². The Labute approximate surface area is 158 Å². The van der Waals surface area contributed by atoms with Gasteiger partial charge >= 0.3 is 0 Å². The van der Waals surface area contributed by atoms with Gasteiger partial charge in [-0.1, -0.05) is 18.2 Å². The summed E-state index contributed by atoms with van der Waals surface area (Å²) in [6, 6.07) is 13.9. The predicted octanol–water partition coefficient (Wildman–Crippen LogP) is 3.74. The van der Waals surface area contributed by atoms with Crippen LogP contribution in [0.3, 0.4) is 0 Å². The molecule has 0 aliphatic heterocycles. The summed E-state index contributed by atoms with van der Waals surface area (Å²) in [6.07, 6.45) is 2.83. The number of nitrogens with zero attached hydrogens (tertiary/aromatic N) is 1. The van der Waals surface area contributed by atoms with Crippen LogP contribution in [0, 0.1) is 5.92 Å². The van der Waals surface area contributed by atoms with Gasteiger partial charge in [-0.3, -0.25) is 9.59 Å². The fraction of sp³-hybridized carbons (Fsp3) is 0.400. The maximum absolute atomic E-state index is 12.2. The number of amides is 2. The molecular weight excluding hydrogens is 346 g/mol. The van der Waals surface area contributed by atoms with Crippen molar-refractivity contribution in [3.05, 3.63) is 47.3 Å². The summed E-state index contributed by atoms with van der Waals surface area (Å²) in [5.74, 6) is 0.157. The summed E-state index contributed by atoms with van der Waals surface area (Å²) in [5, 5.41) is 6.59. The number of hydrogen-bond acceptors (Lipinski definition) is 4. The van der Waals surface area contributed by atoms with E-state index < -0.39 is 0 Å². The van der Waals surface area contributed by atoms with E-state index in [-0.39, 0.29) is 17.7 Å². The molecule has 2 aromatic rings. The molecular formula is C20H25N3O2S. The van der Waals surface area contributed by atoms with Crippen LogP contribution in [0.1, 0.15) is 35.9 Å². The fourth-order valence-electron chi connectivity index (χ4n) is 2.76. The number of para-hydroxylation sites is 1. The minimum absolute atomic E-state index is 0.0689. The highest BCUT2D eigenvalue weighted by molar-refractivity contribution is 7.18. The molecule has 26 heavy (non-hydrogen) atoms. The van der Waals surface area contributed by atoms with Crippen LogP contribution in [-0.2, 0) is 4.79 Å². The second-order valence-corrected chi connectivity index (χ2v) is 7.54. The van der Waals surface area contributed by atoms with E-state index >= 15 is 0 Å². The van der Waals surface area contributed by atoms with Gasteiger partial charge in [-0.15, -0.1) is 11.3 Å². The second kappa shape index (κ2) is 8.85. The van der Waals surface area contributed by atoms with Crippen molar-refractivity contribution in [1.82, 2.24) is 5.32 Å². The van der Waals surface area contributed by atoms with Crippen LogP contribution < -0.4 is 15.5 Å². The quantitative estimate of drug-likeness (QED) is 0.660. The Kier molecular flexibility index (Phi) is 6.28. The van der Waals surface area contributed by atoms with Crippen molar-refractivity contribution in [1.29, 1.82) is 0 Å². The largest absolute Gasteiger partial charge is 0.372 e. The molecule has 1 aliphatic carbocycles. The van der Waals surface area contributed by atoms with E-state index in [0.29, 0.717) is 11.4 Å². The average molecular weight is 372 g/mol. The van der Waals surface area contributed by atoms with Crippen LogP contribution in [-0.4, -0.2) is 31.4 Å². The first-order chi connectivity index (χ1) is 12.7. The number of hydrogen-bond donors (Lipinski definition) is 2. The zero-order valence-corrected chi connectivity index (χ0v) is 15.8. The molecule has 0 saturated heterocycles. The van der Waals surface area contributed by atoms with E-state index in [1.165, 1.54) is 17.0 Å². The average Bonchev–Trinajstić information content (AvgIpc) is 3.42. The molecule has 1 fully saturated rings. The summed E-state index contributed by atoms with van der Waals surface area (Å²) < 4.78 is 0. The van der Waals surface area contributed by atoms with Gasteiger partial charge in [-0.05, 0) is 50.5 Å². The molecule has 0 radical (unpaired) electrons. The van der Waals surface area contributed by atoms with Gasteiger partial charge < -0.3 is 15.5 Å². The molecule has 1 aromatic heterocycles. The van der Waals surface area contributed by atoms with Crippen LogP contribution in [0.2, 0.25) is 0 Å². The zero-order chi connectivity index (χ0) is 18.4. The van der Waals surface area contributed by atoms with Gasteiger partial charge in [-0.25, -0.2) is 0 Å². The Morgan fingerprint density at radius 1 is 1.15 bits per heavy atom. The summed E-state index contributed by atoms with van der Waals surface area (Å²) in [7, 11) is 0. The van der Waals surface area contributed by atoms with Gasteiger partial charge in [0.2, 0.25) is 5.91 Å². The lowest BCUT2D eigenvalue weighted by Crippen LogP contribution is -2.29. The molecule has 0 bridgehead atoms. The van der Waals surface area contributed by atoms with Crippen LogP contribution in [0.5, 0.6) is 0 Å². The SMILES string of the molecule is CCN(CCCNC(=O)c1ccc(NC(=O)C2CC2)s1)c1ccccc1. The molecule has 0 spiro atoms. The van der Waals surface area contributed by atoms with Crippen LogP contribution >= 0.6 is 11.3 Å². The van der Waals surface area contributed by atoms with Crippen LogP contribution in [0.25, 0.3) is 0 Å². The van der Waals surface area contributed by atoms with Gasteiger partial charge in [0.25, 0.3) is 5.91 Å². The van der Waals surface area contributed by atoms with Gasteiger partial charge in [0.15, 0.2) is 0 Å². The van der Waals surface area contributed by atoms with Crippen molar-refractivity contribution in [2.24, 2.45) is 5.92 Å². The van der Waals surface area contributed by atoms with Gasteiger partial charge in [0.05, 0.1) is 9.88 Å². The molecule has 138 valence electrons. The molecule has 1 aliphatic rings. The Morgan fingerprint density at radius 2 is 1.92 bits per heavy atom. The monoisotopic (exact) mass is 371 g/mol. The van der Waals surface area contributed by atoms with Crippen LogP contribution in [0.15, 0.2) is 42.5 Å². The maximum atomic E-state index is 12.2. The number of thiophene rings is 1. The third kappa shape index (κ3) is 5.08. The van der Waals surface area contributed by atoms with E-state index in [0.717, 1.165) is 37.4 Å². The highest BCUT2D eigenvalue weighted by Crippen LogP contribution is 2.31. The normalized spacial score (nSPS) is 13.3. The zero-order valence-electron chi connectivity index (χ0n) is 15.0. The van der Waals surface area contributed by atoms with E-state index in [4.69, 9.17) is 0 Å². The number of rotatable bonds is 9. The highest BCUT2D eigenvalue weighted by atomic mass is 32.1. The number of anilines is 2. The van der Waals surface area contributed by atoms with E-state index in [1.54, 1.807) is 12.1 Å². The van der Waals surface area contributed by atoms with Crippen molar-refractivity contribution in [3.63, 3.8) is 0 Å². The molecule has 0 atom stereocenters. The molecule has 2 N–H and O–H groups in total. The summed E-state index contributed by atoms with van der Waals surface area (Å²) in [4.78, 5) is 26.9. The van der Waals surface area contributed by atoms with Crippen molar-refractivity contribution >= 4 is 33.8 Å². The van der Waals surface area contributed by atoms with Gasteiger partial charge in [0, 0.05) is 31.2 Å². The molecule has 1 aromatic carbocycles. The minimum Gasteiger partial charge on any atom is -0.372 e. The molecule has 6 heteroatoms. The molecule has 5 nitrogen and oxygen atoms in total. The van der Waals surface area contributed by atoms with Crippen molar-refractivity contribution in [3.8, 4) is 0 Å². The van der Waals surface area contributed by atoms with Crippen LogP contribution in [0.4, 0.5) is 10.7 Å². The number of carbonyl (C=O) groups is 2. The topological polar surface area (TPSA) is 61.4 Å². The number of carbonyl (C=O) groups excluding carboxylic acids is 2. The van der Waals surface area contributed by atoms with E-state index in [1.807, 2.05) is 18.2 Å². The molecule has 0 unspecified atom stereocenters. The standard InChI is InChI=1S/C20H25N3O2S/c1-2-23(16-7-4-3-5-8-16)14-6-13-21-20(25)17-11-12-18(26-17)22-19(24)15-9-10-15/h3-5,7-8,11-12,15H,2,6,9-10,13-14H2,1H3,(H,21,25)(H,22,24). The lowest BCUT2D eigenvalue weighted by atomic mass is 10.2. The van der Waals surface area contributed by atoms with Gasteiger partial charge in [-0.2, -0.15) is 0 Å². The number of nitrogens with one attached hydrogen (secondary N) is 2. The molecule has 3 rings (SSSR count). The highest BCUT2D eigenvalue weighted by Gasteiger charge is 2.29. The summed E-state index contributed by atoms with van der Waals surface area (Å²) in [5.41, 5.74) is 1.20. The maximum Gasteiger partial charge on any atom is 0.261 e. The Hall–Kier alpha value is -2.34. The molecule has 2 amide bonds. The third-order valence-corrected chi connectivity index (χ3v) is 5.42. The van der Waals surface area contributed by atoms with E-state index in [2.05, 4.69) is 34.6 Å². The fourth-order valence-corrected chi connectivity index (χ4v) is 3.59. The third-order valence-electron chi connectivity index (χ3n) is 4.42. The Balaban J connectivity index is 1.41. The first-order valence-corrected chi connectivity index (χ1v) is 9.98. The van der Waals surface area contributed by atoms with Crippen molar-refractivity contribution < 1.29 is 9.59 Å². The lowest BCUT2D eigenvalue weighted by molar-refractivity contribution is -0.117. The lowest BCUT2D eigenvalue weighted by Gasteiger charge is -2.23. The Bertz CT molecular complexity index is 741. The first kappa shape index (κ1) is 18.5. The molecule has 1 heterocycles. The summed E-state index contributed by atoms with van der Waals surface area (Å²) in [6.45, 7) is 4.60. The van der Waals surface area contributed by atoms with Crippen molar-refractivity contribution in [2.75, 3.05) is 29.9 Å². The minimum atomic E-state index is -0.0790. The summed E-state index contributed by atoms with van der Waals surface area (Å²) >= 11 is 1.33. The number of benzene rings is 1. The first-order valence-electron chi connectivity index (χ1n) is 9.16. The predicted molar refractivity (Wildman–Crippen MR) is 107 cm³/mol.